The van der Waals surface area contributed by atoms with Crippen molar-refractivity contribution in [2.45, 2.75) is 45.5 Å². The summed E-state index contributed by atoms with van der Waals surface area (Å²) in [7, 11) is 0. The maximum absolute atomic E-state index is 14.3. The summed E-state index contributed by atoms with van der Waals surface area (Å²) in [6, 6.07) is 10.8. The number of ether oxygens (including phenoxy) is 1. The molecule has 4 amide bonds. The van der Waals surface area contributed by atoms with Crippen molar-refractivity contribution in [2.75, 3.05) is 19.6 Å². The molecular weight excluding hydrogens is 543 g/mol. The number of nitrogens with two attached hydrogens (primary N) is 1. The number of hydrogen-bond acceptors (Lipinski definition) is 6. The number of amides is 4. The Bertz CT molecular complexity index is 1460. The highest BCUT2D eigenvalue weighted by Gasteiger charge is 2.40. The molecule has 0 aliphatic carbocycles. The Balaban J connectivity index is 1.51. The first-order valence-electron chi connectivity index (χ1n) is 12.6. The van der Waals surface area contributed by atoms with Gasteiger partial charge in [-0.2, -0.15) is 5.10 Å². The highest BCUT2D eigenvalue weighted by molar-refractivity contribution is 6.30. The molecule has 0 spiro atoms. The summed E-state index contributed by atoms with van der Waals surface area (Å²) < 4.78 is 21.0. The first-order chi connectivity index (χ1) is 18.8. The molecule has 11 nitrogen and oxygen atoms in total. The Morgan fingerprint density at radius 2 is 1.85 bits per heavy atom. The molecule has 1 fully saturated rings. The predicted molar refractivity (Wildman–Crippen MR) is 145 cm³/mol. The minimum Gasteiger partial charge on any atom is -0.444 e. The van der Waals surface area contributed by atoms with Crippen molar-refractivity contribution in [3.05, 3.63) is 64.6 Å². The summed E-state index contributed by atoms with van der Waals surface area (Å²) in [5.74, 6) is -2.38. The number of benzene rings is 2. The standard InChI is InChI=1S/C27H30ClFN6O5/c1-27(2,3)40-26(39)33-12-17(13-33)34(14-21(36)31-11-16-7-6-9-19(28)23(16)29)22(37)15-35-20-10-5-4-8-18(20)24(32-35)25(30)38/h4-10,17H,11-15H2,1-3H3,(H2,30,38)(H,31,36). The minimum absolute atomic E-state index is 0.0241. The Labute approximate surface area is 235 Å². The topological polar surface area (TPSA) is 140 Å². The van der Waals surface area contributed by atoms with Gasteiger partial charge >= 0.3 is 6.09 Å². The number of likely N-dealkylation sites (tertiary alicyclic amines) is 1. The van der Waals surface area contributed by atoms with Crippen LogP contribution in [0.2, 0.25) is 5.02 Å². The largest absolute Gasteiger partial charge is 0.444 e. The molecule has 2 aromatic carbocycles. The summed E-state index contributed by atoms with van der Waals surface area (Å²) in [5.41, 5.74) is 5.52. The van der Waals surface area contributed by atoms with Gasteiger partial charge in [-0.1, -0.05) is 41.9 Å². The number of carbonyl (C=O) groups excluding carboxylic acids is 4. The molecule has 0 saturated carbocycles. The van der Waals surface area contributed by atoms with Gasteiger partial charge in [0.15, 0.2) is 5.69 Å². The lowest BCUT2D eigenvalue weighted by molar-refractivity contribution is -0.142. The van der Waals surface area contributed by atoms with Crippen molar-refractivity contribution in [2.24, 2.45) is 5.73 Å². The van der Waals surface area contributed by atoms with E-state index in [0.29, 0.717) is 10.9 Å². The summed E-state index contributed by atoms with van der Waals surface area (Å²) in [4.78, 5) is 53.5. The van der Waals surface area contributed by atoms with Crippen molar-refractivity contribution >= 4 is 46.3 Å². The van der Waals surface area contributed by atoms with Crippen molar-refractivity contribution < 1.29 is 28.3 Å². The monoisotopic (exact) mass is 572 g/mol. The third-order valence-corrected chi connectivity index (χ3v) is 6.56. The number of fused-ring (bicyclic) bond motifs is 1. The maximum atomic E-state index is 14.3. The fraction of sp³-hybridized carbons (Fsp3) is 0.370. The van der Waals surface area contributed by atoms with Gasteiger partial charge in [0, 0.05) is 30.6 Å². The van der Waals surface area contributed by atoms with E-state index in [4.69, 9.17) is 22.1 Å². The number of aromatic nitrogens is 2. The van der Waals surface area contributed by atoms with Crippen LogP contribution in [0.15, 0.2) is 42.5 Å². The molecule has 0 unspecified atom stereocenters. The minimum atomic E-state index is -0.737. The molecule has 1 saturated heterocycles. The summed E-state index contributed by atoms with van der Waals surface area (Å²) in [5, 5.41) is 7.27. The van der Waals surface area contributed by atoms with Crippen LogP contribution in [0.5, 0.6) is 0 Å². The van der Waals surface area contributed by atoms with Gasteiger partial charge in [-0.05, 0) is 32.9 Å². The van der Waals surface area contributed by atoms with Gasteiger partial charge in [-0.25, -0.2) is 9.18 Å². The predicted octanol–water partition coefficient (Wildman–Crippen LogP) is 2.69. The SMILES string of the molecule is CC(C)(C)OC(=O)N1CC(N(CC(=O)NCc2cccc(Cl)c2F)C(=O)Cn2nc(C(N)=O)c3ccccc32)C1. The zero-order valence-electron chi connectivity index (χ0n) is 22.3. The maximum Gasteiger partial charge on any atom is 0.410 e. The van der Waals surface area contributed by atoms with Gasteiger partial charge in [0.25, 0.3) is 5.91 Å². The number of para-hydroxylation sites is 1. The van der Waals surface area contributed by atoms with E-state index in [1.165, 1.54) is 26.6 Å². The van der Waals surface area contributed by atoms with Crippen LogP contribution in [-0.4, -0.2) is 74.7 Å². The van der Waals surface area contributed by atoms with Crippen LogP contribution in [0.25, 0.3) is 10.9 Å². The van der Waals surface area contributed by atoms with E-state index in [-0.39, 0.29) is 49.0 Å². The number of halogens is 2. The molecule has 1 aromatic heterocycles. The summed E-state index contributed by atoms with van der Waals surface area (Å²) >= 11 is 5.82. The van der Waals surface area contributed by atoms with E-state index in [1.807, 2.05) is 0 Å². The van der Waals surface area contributed by atoms with Gasteiger partial charge < -0.3 is 25.6 Å². The molecule has 40 heavy (non-hydrogen) atoms. The van der Waals surface area contributed by atoms with Gasteiger partial charge in [0.2, 0.25) is 11.8 Å². The van der Waals surface area contributed by atoms with Crippen LogP contribution in [0.3, 0.4) is 0 Å². The van der Waals surface area contributed by atoms with E-state index in [9.17, 15) is 23.6 Å². The zero-order valence-corrected chi connectivity index (χ0v) is 23.1. The molecule has 2 heterocycles. The molecular formula is C27H30ClFN6O5. The quantitative estimate of drug-likeness (QED) is 0.425. The van der Waals surface area contributed by atoms with E-state index in [2.05, 4.69) is 10.4 Å². The third-order valence-electron chi connectivity index (χ3n) is 6.27. The molecule has 13 heteroatoms. The molecule has 212 valence electrons. The smallest absolute Gasteiger partial charge is 0.410 e. The molecule has 0 bridgehead atoms. The van der Waals surface area contributed by atoms with E-state index in [0.717, 1.165) is 0 Å². The molecule has 3 aromatic rings. The Morgan fingerprint density at radius 3 is 2.52 bits per heavy atom. The van der Waals surface area contributed by atoms with Crippen LogP contribution in [-0.2, 0) is 27.4 Å². The van der Waals surface area contributed by atoms with Gasteiger partial charge in [0.05, 0.1) is 16.6 Å². The molecule has 4 rings (SSSR count). The van der Waals surface area contributed by atoms with Crippen molar-refractivity contribution in [1.29, 1.82) is 0 Å². The summed E-state index contributed by atoms with van der Waals surface area (Å²) in [6.45, 7) is 4.79. The number of rotatable bonds is 8. The van der Waals surface area contributed by atoms with Crippen LogP contribution >= 0.6 is 11.6 Å². The highest BCUT2D eigenvalue weighted by atomic mass is 35.5. The lowest BCUT2D eigenvalue weighted by Crippen LogP contribution is -2.64. The van der Waals surface area contributed by atoms with Crippen molar-refractivity contribution in [3.63, 3.8) is 0 Å². The number of primary amides is 1. The van der Waals surface area contributed by atoms with Gasteiger partial charge in [-0.3, -0.25) is 19.1 Å². The fourth-order valence-electron chi connectivity index (χ4n) is 4.29. The average molecular weight is 573 g/mol. The van der Waals surface area contributed by atoms with Crippen LogP contribution in [0.4, 0.5) is 9.18 Å². The molecule has 0 atom stereocenters. The first kappa shape index (κ1) is 28.8. The van der Waals surface area contributed by atoms with Crippen LogP contribution in [0.1, 0.15) is 36.8 Å². The molecule has 3 N–H and O–H groups in total. The number of nitrogens with zero attached hydrogens (tertiary/aromatic N) is 4. The first-order valence-corrected chi connectivity index (χ1v) is 12.9. The van der Waals surface area contributed by atoms with Crippen LogP contribution in [0, 0.1) is 5.82 Å². The highest BCUT2D eigenvalue weighted by Crippen LogP contribution is 2.22. The number of nitrogens with one attached hydrogen (secondary N) is 1. The second-order valence-corrected chi connectivity index (χ2v) is 10.8. The number of hydrogen-bond donors (Lipinski definition) is 2. The molecule has 1 aliphatic rings. The second-order valence-electron chi connectivity index (χ2n) is 10.4. The van der Waals surface area contributed by atoms with Gasteiger partial charge in [-0.15, -0.1) is 0 Å². The third kappa shape index (κ3) is 6.50. The Kier molecular flexibility index (Phi) is 8.29. The fourth-order valence-corrected chi connectivity index (χ4v) is 4.48. The second kappa shape index (κ2) is 11.5. The van der Waals surface area contributed by atoms with Gasteiger partial charge in [0.1, 0.15) is 24.5 Å². The Hall–Kier alpha value is -4.19. The van der Waals surface area contributed by atoms with E-state index >= 15 is 0 Å². The molecule has 0 radical (unpaired) electrons. The normalized spacial score (nSPS) is 13.6. The Morgan fingerprint density at radius 1 is 1.15 bits per heavy atom. The zero-order chi connectivity index (χ0) is 29.2. The van der Waals surface area contributed by atoms with E-state index < -0.39 is 41.3 Å². The van der Waals surface area contributed by atoms with Crippen LogP contribution < -0.4 is 11.1 Å². The number of carbonyl (C=O) groups is 4. The lowest BCUT2D eigenvalue weighted by atomic mass is 10.1. The van der Waals surface area contributed by atoms with E-state index in [1.54, 1.807) is 51.1 Å². The van der Waals surface area contributed by atoms with Crippen molar-refractivity contribution in [3.8, 4) is 0 Å². The lowest BCUT2D eigenvalue weighted by Gasteiger charge is -2.45. The molecule has 1 aliphatic heterocycles. The van der Waals surface area contributed by atoms with Crippen molar-refractivity contribution in [1.82, 2.24) is 24.9 Å². The summed E-state index contributed by atoms with van der Waals surface area (Å²) in [6.07, 6.45) is -0.527. The average Bonchev–Trinajstić information content (AvgIpc) is 3.21.